The summed E-state index contributed by atoms with van der Waals surface area (Å²) >= 11 is 13.6. The molecule has 148 valence electrons. The minimum absolute atomic E-state index is 0.156. The summed E-state index contributed by atoms with van der Waals surface area (Å²) in [6, 6.07) is 10.8. The molecule has 0 aliphatic carbocycles. The molecule has 4 rings (SSSR count). The van der Waals surface area contributed by atoms with E-state index in [4.69, 9.17) is 27.6 Å². The van der Waals surface area contributed by atoms with Crippen LogP contribution in [0.15, 0.2) is 52.4 Å². The van der Waals surface area contributed by atoms with Crippen molar-refractivity contribution < 1.29 is 9.21 Å². The zero-order valence-electron chi connectivity index (χ0n) is 15.4. The van der Waals surface area contributed by atoms with Crippen LogP contribution < -0.4 is 5.32 Å². The van der Waals surface area contributed by atoms with Gasteiger partial charge >= 0.3 is 0 Å². The number of hydrogen-bond acceptors (Lipinski definition) is 5. The number of carbonyl (C=O) groups is 1. The van der Waals surface area contributed by atoms with Gasteiger partial charge < -0.3 is 9.73 Å². The van der Waals surface area contributed by atoms with Gasteiger partial charge in [-0.15, -0.1) is 11.3 Å². The lowest BCUT2D eigenvalue weighted by atomic mass is 10.2. The van der Waals surface area contributed by atoms with E-state index in [9.17, 15) is 4.79 Å². The van der Waals surface area contributed by atoms with Gasteiger partial charge in [0.25, 0.3) is 0 Å². The molecule has 0 aliphatic rings. The van der Waals surface area contributed by atoms with Crippen LogP contribution >= 0.6 is 34.5 Å². The first-order chi connectivity index (χ1) is 14.0. The molecule has 0 atom stereocenters. The minimum atomic E-state index is -0.179. The molecule has 1 aromatic carbocycles. The average molecular weight is 447 g/mol. The fraction of sp³-hybridized carbons (Fsp3) is 0.150. The van der Waals surface area contributed by atoms with Crippen molar-refractivity contribution in [3.8, 4) is 10.8 Å². The number of aryl methyl sites for hydroxylation is 1. The van der Waals surface area contributed by atoms with Crippen LogP contribution in [0.1, 0.15) is 17.0 Å². The zero-order valence-corrected chi connectivity index (χ0v) is 17.7. The third-order valence-corrected chi connectivity index (χ3v) is 5.66. The maximum Gasteiger partial charge on any atom is 0.231 e. The van der Waals surface area contributed by atoms with E-state index in [-0.39, 0.29) is 12.3 Å². The van der Waals surface area contributed by atoms with Gasteiger partial charge in [0.15, 0.2) is 10.8 Å². The molecule has 0 radical (unpaired) electrons. The van der Waals surface area contributed by atoms with Gasteiger partial charge in [-0.3, -0.25) is 4.79 Å². The van der Waals surface area contributed by atoms with E-state index in [1.807, 2.05) is 30.5 Å². The smallest absolute Gasteiger partial charge is 0.231 e. The quantitative estimate of drug-likeness (QED) is 0.427. The lowest BCUT2D eigenvalue weighted by Crippen LogP contribution is -2.18. The third kappa shape index (κ3) is 4.70. The molecule has 0 saturated heterocycles. The maximum atomic E-state index is 12.5. The summed E-state index contributed by atoms with van der Waals surface area (Å²) < 4.78 is 7.25. The van der Waals surface area contributed by atoms with Crippen molar-refractivity contribution in [2.75, 3.05) is 5.32 Å². The van der Waals surface area contributed by atoms with E-state index >= 15 is 0 Å². The summed E-state index contributed by atoms with van der Waals surface area (Å²) in [6.07, 6.45) is 1.78. The lowest BCUT2D eigenvalue weighted by Gasteiger charge is -2.10. The van der Waals surface area contributed by atoms with Gasteiger partial charge in [-0.25, -0.2) is 9.67 Å². The second kappa shape index (κ2) is 8.41. The van der Waals surface area contributed by atoms with E-state index in [0.717, 1.165) is 16.3 Å². The first-order valence-corrected chi connectivity index (χ1v) is 10.4. The summed E-state index contributed by atoms with van der Waals surface area (Å²) in [6.45, 7) is 2.29. The molecule has 1 N–H and O–H groups in total. The summed E-state index contributed by atoms with van der Waals surface area (Å²) in [5.41, 5.74) is 1.54. The van der Waals surface area contributed by atoms with Gasteiger partial charge in [-0.2, -0.15) is 5.10 Å². The molecule has 4 aromatic rings. The second-order valence-corrected chi connectivity index (χ2v) is 8.09. The van der Waals surface area contributed by atoms with E-state index in [2.05, 4.69) is 15.4 Å². The topological polar surface area (TPSA) is 73.0 Å². The molecule has 9 heteroatoms. The molecule has 0 aliphatic heterocycles. The number of nitrogens with zero attached hydrogens (tertiary/aromatic N) is 3. The maximum absolute atomic E-state index is 12.5. The molecule has 0 fully saturated rings. The Hall–Kier alpha value is -2.61. The van der Waals surface area contributed by atoms with Crippen molar-refractivity contribution in [1.82, 2.24) is 14.8 Å². The first kappa shape index (κ1) is 19.7. The van der Waals surface area contributed by atoms with Gasteiger partial charge in [0.05, 0.1) is 24.9 Å². The van der Waals surface area contributed by atoms with E-state index in [0.29, 0.717) is 33.9 Å². The Morgan fingerprint density at radius 1 is 1.24 bits per heavy atom. The number of furan rings is 1. The van der Waals surface area contributed by atoms with Crippen molar-refractivity contribution in [2.45, 2.75) is 19.9 Å². The van der Waals surface area contributed by atoms with Crippen LogP contribution in [-0.4, -0.2) is 20.7 Å². The molecule has 6 nitrogen and oxygen atoms in total. The Bertz CT molecular complexity index is 1160. The van der Waals surface area contributed by atoms with Gasteiger partial charge in [-0.05, 0) is 36.8 Å². The molecule has 29 heavy (non-hydrogen) atoms. The molecule has 0 spiro atoms. The van der Waals surface area contributed by atoms with Crippen LogP contribution in [0.25, 0.3) is 10.8 Å². The first-order valence-electron chi connectivity index (χ1n) is 8.75. The van der Waals surface area contributed by atoms with Gasteiger partial charge in [-0.1, -0.05) is 29.3 Å². The molecule has 3 aromatic heterocycles. The fourth-order valence-electron chi connectivity index (χ4n) is 2.78. The van der Waals surface area contributed by atoms with Crippen molar-refractivity contribution in [2.24, 2.45) is 0 Å². The summed E-state index contributed by atoms with van der Waals surface area (Å²) in [5.74, 6) is 1.93. The molecule has 0 bridgehead atoms. The molecular weight excluding hydrogens is 431 g/mol. The van der Waals surface area contributed by atoms with Crippen molar-refractivity contribution in [1.29, 1.82) is 0 Å². The number of halogens is 2. The molecule has 0 saturated carbocycles. The molecule has 1 amide bonds. The van der Waals surface area contributed by atoms with Crippen molar-refractivity contribution in [3.05, 3.63) is 75.0 Å². The Morgan fingerprint density at radius 2 is 2.10 bits per heavy atom. The Labute approximate surface area is 181 Å². The third-order valence-electron chi connectivity index (χ3n) is 4.16. The van der Waals surface area contributed by atoms with Crippen LogP contribution in [0.3, 0.4) is 0 Å². The molecular formula is C20H16Cl2N4O2S. The number of rotatable bonds is 6. The highest BCUT2D eigenvalue weighted by Gasteiger charge is 2.14. The largest absolute Gasteiger partial charge is 0.459 e. The van der Waals surface area contributed by atoms with Crippen molar-refractivity contribution >= 4 is 46.3 Å². The highest BCUT2D eigenvalue weighted by Crippen LogP contribution is 2.26. The lowest BCUT2D eigenvalue weighted by molar-refractivity contribution is -0.115. The number of hydrogen-bond donors (Lipinski definition) is 1. The van der Waals surface area contributed by atoms with Crippen LogP contribution in [0.2, 0.25) is 10.0 Å². The highest BCUT2D eigenvalue weighted by molar-refractivity contribution is 7.13. The number of carbonyl (C=O) groups excluding carboxylic acids is 1. The normalized spacial score (nSPS) is 11.0. The molecule has 3 heterocycles. The monoisotopic (exact) mass is 446 g/mol. The SMILES string of the molecule is Cc1ccc(-c2nc(CC(=O)Nc3ccnn3Cc3ccc(Cl)cc3Cl)cs2)o1. The van der Waals surface area contributed by atoms with E-state index in [1.54, 1.807) is 29.1 Å². The average Bonchev–Trinajstić information content (AvgIpc) is 3.40. The van der Waals surface area contributed by atoms with Crippen LogP contribution in [0, 0.1) is 6.92 Å². The summed E-state index contributed by atoms with van der Waals surface area (Å²) in [7, 11) is 0. The number of anilines is 1. The zero-order chi connectivity index (χ0) is 20.4. The van der Waals surface area contributed by atoms with Crippen LogP contribution in [0.4, 0.5) is 5.82 Å². The predicted octanol–water partition coefficient (Wildman–Crippen LogP) is 5.44. The predicted molar refractivity (Wildman–Crippen MR) is 115 cm³/mol. The van der Waals surface area contributed by atoms with E-state index < -0.39 is 0 Å². The second-order valence-electron chi connectivity index (χ2n) is 6.39. The Kier molecular flexibility index (Phi) is 5.71. The van der Waals surface area contributed by atoms with Crippen molar-refractivity contribution in [3.63, 3.8) is 0 Å². The van der Waals surface area contributed by atoms with Gasteiger partial charge in [0.1, 0.15) is 11.6 Å². The van der Waals surface area contributed by atoms with Gasteiger partial charge in [0, 0.05) is 21.5 Å². The molecule has 0 unspecified atom stereocenters. The number of thiazole rings is 1. The standard InChI is InChI=1S/C20H16Cl2N4O2S/c1-12-2-5-17(28-12)20-24-15(11-29-20)9-19(27)25-18-6-7-23-26(18)10-13-3-4-14(21)8-16(13)22/h2-8,11H,9-10H2,1H3,(H,25,27). The number of aromatic nitrogens is 3. The van der Waals surface area contributed by atoms with Crippen LogP contribution in [0.5, 0.6) is 0 Å². The Morgan fingerprint density at radius 3 is 2.86 bits per heavy atom. The fourth-order valence-corrected chi connectivity index (χ4v) is 4.03. The summed E-state index contributed by atoms with van der Waals surface area (Å²) in [4.78, 5) is 17.0. The number of benzene rings is 1. The highest BCUT2D eigenvalue weighted by atomic mass is 35.5. The summed E-state index contributed by atoms with van der Waals surface area (Å²) in [5, 5.41) is 10.9. The van der Waals surface area contributed by atoms with E-state index in [1.165, 1.54) is 11.3 Å². The van der Waals surface area contributed by atoms with Crippen LogP contribution in [-0.2, 0) is 17.8 Å². The number of nitrogens with one attached hydrogen (secondary N) is 1. The Balaban J connectivity index is 1.42. The van der Waals surface area contributed by atoms with Gasteiger partial charge in [0.2, 0.25) is 5.91 Å². The number of amides is 1. The minimum Gasteiger partial charge on any atom is -0.459 e.